The molecule has 0 N–H and O–H groups in total. The van der Waals surface area contributed by atoms with Gasteiger partial charge in [0, 0.05) is 19.3 Å². The molecule has 0 aromatic heterocycles. The molecule has 0 bridgehead atoms. The number of carbonyl (C=O) groups excluding carboxylic acids is 3. The van der Waals surface area contributed by atoms with Crippen molar-refractivity contribution in [1.82, 2.24) is 0 Å². The van der Waals surface area contributed by atoms with Crippen LogP contribution in [0.5, 0.6) is 0 Å². The van der Waals surface area contributed by atoms with E-state index in [9.17, 15) is 14.4 Å². The van der Waals surface area contributed by atoms with E-state index < -0.39 is 6.10 Å². The van der Waals surface area contributed by atoms with Crippen molar-refractivity contribution in [2.45, 2.75) is 304 Å². The molecule has 0 spiro atoms. The lowest BCUT2D eigenvalue weighted by Gasteiger charge is -2.18. The highest BCUT2D eigenvalue weighted by Crippen LogP contribution is 2.17. The van der Waals surface area contributed by atoms with Crippen molar-refractivity contribution >= 4 is 17.9 Å². The third kappa shape index (κ3) is 47.5. The van der Waals surface area contributed by atoms with Gasteiger partial charge in [-0.2, -0.15) is 0 Å². The number of ether oxygens (including phenoxy) is 3. The summed E-state index contributed by atoms with van der Waals surface area (Å²) in [6.45, 7) is 11.4. The third-order valence-electron chi connectivity index (χ3n) is 12.2. The van der Waals surface area contributed by atoms with Crippen molar-refractivity contribution in [2.75, 3.05) is 13.2 Å². The van der Waals surface area contributed by atoms with Crippen LogP contribution in [0.15, 0.2) is 0 Å². The number of esters is 3. The Balaban J connectivity index is 4.29. The Bertz CT molecular complexity index is 916. The Hall–Kier alpha value is -1.59. The minimum absolute atomic E-state index is 0.0637. The molecule has 0 heterocycles. The van der Waals surface area contributed by atoms with Crippen LogP contribution in [0, 0.1) is 11.8 Å². The summed E-state index contributed by atoms with van der Waals surface area (Å²) in [5, 5.41) is 0. The molecule has 0 aliphatic heterocycles. The van der Waals surface area contributed by atoms with Crippen LogP contribution >= 0.6 is 0 Å². The van der Waals surface area contributed by atoms with Gasteiger partial charge in [-0.3, -0.25) is 14.4 Å². The highest BCUT2D eigenvalue weighted by molar-refractivity contribution is 5.71. The molecule has 0 aromatic carbocycles. The number of hydrogen-bond donors (Lipinski definition) is 0. The van der Waals surface area contributed by atoms with Crippen LogP contribution in [0.2, 0.25) is 0 Å². The Labute approximate surface area is 374 Å². The SMILES string of the molecule is CCCCCCCCCCCCCCCCCCC(=O)OC[C@@H](COC(=O)CCCCCCCCCCCCCC(C)C)OC(=O)CCCCCCCCCCCC(C)C. The molecule has 0 aliphatic rings. The van der Waals surface area contributed by atoms with Gasteiger partial charge in [0.1, 0.15) is 13.2 Å². The number of rotatable bonds is 48. The van der Waals surface area contributed by atoms with Crippen LogP contribution in [-0.2, 0) is 28.6 Å². The maximum absolute atomic E-state index is 12.8. The van der Waals surface area contributed by atoms with Crippen LogP contribution in [-0.4, -0.2) is 37.2 Å². The summed E-state index contributed by atoms with van der Waals surface area (Å²) >= 11 is 0. The molecule has 0 rings (SSSR count). The molecule has 0 aliphatic carbocycles. The predicted molar refractivity (Wildman–Crippen MR) is 256 cm³/mol. The molecular weight excluding hydrogens is 745 g/mol. The molecule has 0 unspecified atom stereocenters. The molecule has 6 heteroatoms. The predicted octanol–water partition coefficient (Wildman–Crippen LogP) is 17.3. The second-order valence-corrected chi connectivity index (χ2v) is 19.5. The maximum Gasteiger partial charge on any atom is 0.306 e. The van der Waals surface area contributed by atoms with Gasteiger partial charge in [-0.25, -0.2) is 0 Å². The minimum atomic E-state index is -0.762. The minimum Gasteiger partial charge on any atom is -0.462 e. The standard InChI is InChI=1S/C54H104O6/c1-6-7-8-9-10-11-12-13-14-15-16-19-24-29-34-39-44-52(55)58-47-51(60-54(57)46-41-36-31-26-21-23-28-33-38-43-50(4)5)48-59-53(56)45-40-35-30-25-20-17-18-22-27-32-37-42-49(2)3/h49-51H,6-48H2,1-5H3/t51-/m0/s1. The number of hydrogen-bond acceptors (Lipinski definition) is 6. The molecule has 60 heavy (non-hydrogen) atoms. The summed E-state index contributed by atoms with van der Waals surface area (Å²) in [6, 6.07) is 0. The molecule has 0 radical (unpaired) electrons. The Morgan fingerprint density at radius 3 is 0.817 bits per heavy atom. The van der Waals surface area contributed by atoms with E-state index >= 15 is 0 Å². The first kappa shape index (κ1) is 58.4. The molecule has 0 saturated heterocycles. The normalized spacial score (nSPS) is 12.1. The number of carbonyl (C=O) groups is 3. The van der Waals surface area contributed by atoms with Crippen molar-refractivity contribution in [2.24, 2.45) is 11.8 Å². The zero-order chi connectivity index (χ0) is 44.0. The highest BCUT2D eigenvalue weighted by atomic mass is 16.6. The molecule has 0 saturated carbocycles. The van der Waals surface area contributed by atoms with E-state index in [1.807, 2.05) is 0 Å². The Kier molecular flexibility index (Phi) is 45.7. The van der Waals surface area contributed by atoms with E-state index in [1.165, 1.54) is 186 Å². The quantitative estimate of drug-likeness (QED) is 0.0345. The van der Waals surface area contributed by atoms with Crippen molar-refractivity contribution in [3.63, 3.8) is 0 Å². The van der Waals surface area contributed by atoms with Gasteiger partial charge in [-0.05, 0) is 31.1 Å². The first-order valence-corrected chi connectivity index (χ1v) is 26.7. The van der Waals surface area contributed by atoms with Gasteiger partial charge in [-0.15, -0.1) is 0 Å². The van der Waals surface area contributed by atoms with Crippen molar-refractivity contribution < 1.29 is 28.6 Å². The molecule has 0 aromatic rings. The maximum atomic E-state index is 12.8. The molecule has 0 amide bonds. The summed E-state index contributed by atoms with van der Waals surface area (Å²) in [4.78, 5) is 38.0. The smallest absolute Gasteiger partial charge is 0.306 e. The van der Waals surface area contributed by atoms with Crippen molar-refractivity contribution in [3.8, 4) is 0 Å². The molecule has 0 fully saturated rings. The van der Waals surface area contributed by atoms with Gasteiger partial charge >= 0.3 is 17.9 Å². The zero-order valence-electron chi connectivity index (χ0n) is 41.1. The monoisotopic (exact) mass is 849 g/mol. The highest BCUT2D eigenvalue weighted by Gasteiger charge is 2.19. The molecule has 6 nitrogen and oxygen atoms in total. The summed E-state index contributed by atoms with van der Waals surface area (Å²) in [5.74, 6) is 0.786. The van der Waals surface area contributed by atoms with Gasteiger partial charge in [0.05, 0.1) is 0 Å². The lowest BCUT2D eigenvalue weighted by atomic mass is 10.0. The van der Waals surface area contributed by atoms with E-state index in [-0.39, 0.29) is 31.1 Å². The molecule has 356 valence electrons. The van der Waals surface area contributed by atoms with E-state index in [2.05, 4.69) is 34.6 Å². The number of unbranched alkanes of at least 4 members (excludes halogenated alkanes) is 33. The van der Waals surface area contributed by atoms with E-state index in [4.69, 9.17) is 14.2 Å². The topological polar surface area (TPSA) is 78.9 Å². The Morgan fingerprint density at radius 1 is 0.317 bits per heavy atom. The summed E-state index contributed by atoms with van der Waals surface area (Å²) in [5.41, 5.74) is 0. The van der Waals surface area contributed by atoms with E-state index in [0.717, 1.165) is 69.6 Å². The van der Waals surface area contributed by atoms with Gasteiger partial charge < -0.3 is 14.2 Å². The van der Waals surface area contributed by atoms with Crippen LogP contribution in [0.1, 0.15) is 298 Å². The van der Waals surface area contributed by atoms with Gasteiger partial charge in [0.25, 0.3) is 0 Å². The van der Waals surface area contributed by atoms with E-state index in [1.54, 1.807) is 0 Å². The van der Waals surface area contributed by atoms with E-state index in [0.29, 0.717) is 19.3 Å². The lowest BCUT2D eigenvalue weighted by Crippen LogP contribution is -2.30. The summed E-state index contributed by atoms with van der Waals surface area (Å²) < 4.78 is 16.8. The van der Waals surface area contributed by atoms with Crippen LogP contribution < -0.4 is 0 Å². The average Bonchev–Trinajstić information content (AvgIpc) is 3.22. The van der Waals surface area contributed by atoms with Crippen LogP contribution in [0.4, 0.5) is 0 Å². The fourth-order valence-electron chi connectivity index (χ4n) is 8.17. The second kappa shape index (κ2) is 46.9. The van der Waals surface area contributed by atoms with Gasteiger partial charge in [0.2, 0.25) is 0 Å². The average molecular weight is 849 g/mol. The molecule has 1 atom stereocenters. The molecular formula is C54H104O6. The lowest BCUT2D eigenvalue weighted by molar-refractivity contribution is -0.167. The summed E-state index contributed by atoms with van der Waals surface area (Å²) in [7, 11) is 0. The van der Waals surface area contributed by atoms with Crippen LogP contribution in [0.3, 0.4) is 0 Å². The van der Waals surface area contributed by atoms with Gasteiger partial charge in [-0.1, -0.05) is 259 Å². The Morgan fingerprint density at radius 2 is 0.550 bits per heavy atom. The fourth-order valence-corrected chi connectivity index (χ4v) is 8.17. The zero-order valence-corrected chi connectivity index (χ0v) is 41.1. The third-order valence-corrected chi connectivity index (χ3v) is 12.2. The van der Waals surface area contributed by atoms with Crippen molar-refractivity contribution in [3.05, 3.63) is 0 Å². The van der Waals surface area contributed by atoms with Gasteiger partial charge in [0.15, 0.2) is 6.10 Å². The van der Waals surface area contributed by atoms with Crippen LogP contribution in [0.25, 0.3) is 0 Å². The fraction of sp³-hybridized carbons (Fsp3) is 0.944. The largest absolute Gasteiger partial charge is 0.462 e. The second-order valence-electron chi connectivity index (χ2n) is 19.5. The first-order chi connectivity index (χ1) is 29.2. The van der Waals surface area contributed by atoms with Crippen molar-refractivity contribution in [1.29, 1.82) is 0 Å². The summed E-state index contributed by atoms with van der Waals surface area (Å²) in [6.07, 6.45) is 48.0. The first-order valence-electron chi connectivity index (χ1n) is 26.7.